The van der Waals surface area contributed by atoms with E-state index < -0.39 is 139 Å². The minimum absolute atomic E-state index is 0.0257. The van der Waals surface area contributed by atoms with E-state index in [0.717, 1.165) is 4.57 Å². The minimum Gasteiger partial charge on any atom is -0.462 e. The predicted octanol–water partition coefficient (Wildman–Crippen LogP) is 1.55. The molecule has 0 aliphatic carbocycles. The second-order valence-electron chi connectivity index (χ2n) is 19.1. The number of rotatable bonds is 12. The van der Waals surface area contributed by atoms with Crippen molar-refractivity contribution in [3.05, 3.63) is 63.5 Å². The predicted molar refractivity (Wildman–Crippen MR) is 239 cm³/mol. The van der Waals surface area contributed by atoms with Crippen molar-refractivity contribution in [1.29, 1.82) is 0 Å². The summed E-state index contributed by atoms with van der Waals surface area (Å²) in [5.74, 6) is -2.81. The first-order valence-corrected chi connectivity index (χ1v) is 23.3. The van der Waals surface area contributed by atoms with Crippen LogP contribution in [0.3, 0.4) is 0 Å². The van der Waals surface area contributed by atoms with Crippen LogP contribution in [-0.2, 0) is 47.5 Å². The number of para-hydroxylation sites is 1. The Kier molecular flexibility index (Phi) is 17.3. The SMILES string of the molecule is CCCC(=O)O[C@H]1[C@H](C)O[C@@H](O[C@H]2[C@H](N(C)C)[C@@H](O)[C@H](O[C@@H]3[C@@H](OC)[C@@H](O)CC(=O)O[C@@H](C)CC4C=CC([C@H](O)[C@H](CC=O)C[C@H]3C)n3c(=O)n(-c5ccccc5)c(=O)n34)O[C@@H]2C)C[C@@]1(C)O. The van der Waals surface area contributed by atoms with E-state index in [9.17, 15) is 44.4 Å². The number of nitrogens with zero attached hydrogens (tertiary/aromatic N) is 4. The van der Waals surface area contributed by atoms with E-state index in [1.165, 1.54) is 16.5 Å². The van der Waals surface area contributed by atoms with Crippen molar-refractivity contribution in [3.8, 4) is 5.69 Å². The number of hydrogen-bond acceptors (Lipinski definition) is 17. The number of methoxy groups -OCH3 is 1. The number of aliphatic hydroxyl groups is 4. The van der Waals surface area contributed by atoms with Crippen molar-refractivity contribution in [3.63, 3.8) is 0 Å². The molecule has 2 fully saturated rings. The first-order valence-electron chi connectivity index (χ1n) is 23.3. The minimum atomic E-state index is -1.52. The number of aldehydes is 1. The van der Waals surface area contributed by atoms with E-state index in [2.05, 4.69) is 0 Å². The van der Waals surface area contributed by atoms with E-state index in [4.69, 9.17) is 33.2 Å². The van der Waals surface area contributed by atoms with Crippen LogP contribution < -0.4 is 11.4 Å². The molecule has 5 aliphatic heterocycles. The first-order chi connectivity index (χ1) is 31.7. The highest BCUT2D eigenvalue weighted by atomic mass is 16.7. The molecular weight excluding hydrogens is 877 g/mol. The van der Waals surface area contributed by atoms with Gasteiger partial charge in [-0.15, -0.1) is 0 Å². The third-order valence-electron chi connectivity index (χ3n) is 13.5. The molecule has 2 unspecified atom stereocenters. The highest BCUT2D eigenvalue weighted by Gasteiger charge is 2.53. The molecule has 2 bridgehead atoms. The maximum Gasteiger partial charge on any atom is 0.352 e. The molecule has 0 saturated carbocycles. The smallest absolute Gasteiger partial charge is 0.352 e. The number of aromatic nitrogens is 3. The molecule has 20 heteroatoms. The van der Waals surface area contributed by atoms with Gasteiger partial charge >= 0.3 is 23.3 Å². The van der Waals surface area contributed by atoms with Crippen LogP contribution in [0, 0.1) is 11.8 Å². The number of hydrogen-bond donors (Lipinski definition) is 4. The molecule has 374 valence electrons. The normalized spacial score (nSPS) is 38.6. The molecule has 0 spiro atoms. The molecule has 20 nitrogen and oxygen atoms in total. The van der Waals surface area contributed by atoms with Gasteiger partial charge in [-0.2, -0.15) is 0 Å². The van der Waals surface area contributed by atoms with Crippen molar-refractivity contribution >= 4 is 18.2 Å². The van der Waals surface area contributed by atoms with Crippen LogP contribution in [0.1, 0.15) is 98.6 Å². The summed E-state index contributed by atoms with van der Waals surface area (Å²) in [6, 6.07) is 5.64. The average molecular weight is 947 g/mol. The van der Waals surface area contributed by atoms with Gasteiger partial charge in [-0.05, 0) is 78.6 Å². The third kappa shape index (κ3) is 11.4. The highest BCUT2D eigenvalue weighted by Crippen LogP contribution is 2.38. The van der Waals surface area contributed by atoms with Gasteiger partial charge in [-0.3, -0.25) is 9.59 Å². The van der Waals surface area contributed by atoms with Crippen molar-refractivity contribution in [1.82, 2.24) is 18.8 Å². The molecule has 4 N–H and O–H groups in total. The zero-order valence-corrected chi connectivity index (χ0v) is 39.9. The second kappa shape index (κ2) is 22.1. The first kappa shape index (κ1) is 52.3. The summed E-state index contributed by atoms with van der Waals surface area (Å²) in [5, 5.41) is 47.6. The Labute approximate surface area is 390 Å². The standard InChI is InChI=1S/C47H70N4O16/c1-10-14-34(54)65-43-28(5)63-36(24-47(43,6)60)66-41-27(4)64-44(39(57)37(41)48(7)8)67-40-25(2)21-29(19-20-52)38(56)32-18-17-31(22-26(3)62-35(55)23-33(53)42(40)61-9)50-45(58)49(46(59)51(32)50)30-15-12-11-13-16-30/h11-13,15-18,20,25-29,31-33,36-44,53,56-57,60H,10,14,19,21-24H2,1-9H3/t25-,26+,27-,28+,29-,31?,32?,33+,36+,37-,38-,39-,40+,41-,42+,43+,44+,47-/m1/s1. The van der Waals surface area contributed by atoms with Crippen LogP contribution in [0.15, 0.2) is 52.1 Å². The van der Waals surface area contributed by atoms with Crippen LogP contribution >= 0.6 is 0 Å². The Morgan fingerprint density at radius 3 is 2.22 bits per heavy atom. The lowest BCUT2D eigenvalue weighted by atomic mass is 9.81. The maximum absolute atomic E-state index is 14.3. The van der Waals surface area contributed by atoms with Gasteiger partial charge in [0.2, 0.25) is 0 Å². The number of likely N-dealkylation sites (N-methyl/N-ethyl adjacent to an activating group) is 1. The van der Waals surface area contributed by atoms with Gasteiger partial charge in [-0.1, -0.05) is 44.2 Å². The maximum atomic E-state index is 14.3. The van der Waals surface area contributed by atoms with Crippen molar-refractivity contribution < 1.29 is 68.0 Å². The largest absolute Gasteiger partial charge is 0.462 e. The summed E-state index contributed by atoms with van der Waals surface area (Å²) in [4.78, 5) is 68.5. The molecule has 7 rings (SSSR count). The summed E-state index contributed by atoms with van der Waals surface area (Å²) in [7, 11) is 4.80. The van der Waals surface area contributed by atoms with Crippen LogP contribution in [0.4, 0.5) is 0 Å². The zero-order chi connectivity index (χ0) is 49.1. The van der Waals surface area contributed by atoms with Crippen molar-refractivity contribution in [2.75, 3.05) is 21.2 Å². The fourth-order valence-electron chi connectivity index (χ4n) is 10.3. The molecule has 1 aromatic carbocycles. The number of esters is 2. The Morgan fingerprint density at radius 1 is 0.910 bits per heavy atom. The molecule has 1 aromatic heterocycles. The number of benzene rings is 1. The summed E-state index contributed by atoms with van der Waals surface area (Å²) in [6.07, 6.45) is -9.33. The van der Waals surface area contributed by atoms with Gasteiger partial charge in [0.15, 0.2) is 18.7 Å². The summed E-state index contributed by atoms with van der Waals surface area (Å²) >= 11 is 0. The Balaban J connectivity index is 1.31. The van der Waals surface area contributed by atoms with E-state index in [1.807, 2.05) is 6.92 Å². The van der Waals surface area contributed by atoms with Gasteiger partial charge in [-0.25, -0.2) is 23.5 Å². The number of fused-ring (bicyclic) bond motifs is 11. The number of allylic oxidation sites excluding steroid dienone is 1. The lowest BCUT2D eigenvalue weighted by molar-refractivity contribution is -0.344. The van der Waals surface area contributed by atoms with E-state index in [1.54, 1.807) is 96.1 Å². The van der Waals surface area contributed by atoms with Crippen molar-refractivity contribution in [2.24, 2.45) is 11.8 Å². The van der Waals surface area contributed by atoms with Crippen LogP contribution in [0.25, 0.3) is 5.69 Å². The molecule has 2 aromatic rings. The molecule has 67 heavy (non-hydrogen) atoms. The topological polar surface area (TPSA) is 249 Å². The molecule has 18 atom stereocenters. The lowest BCUT2D eigenvalue weighted by Crippen LogP contribution is -2.66. The van der Waals surface area contributed by atoms with Gasteiger partial charge < -0.3 is 63.3 Å². The lowest BCUT2D eigenvalue weighted by Gasteiger charge is -2.50. The molecule has 6 heterocycles. The molecule has 5 aliphatic rings. The molecule has 0 amide bonds. The van der Waals surface area contributed by atoms with Crippen molar-refractivity contribution in [2.45, 2.75) is 184 Å². The van der Waals surface area contributed by atoms with E-state index >= 15 is 0 Å². The number of aliphatic hydroxyl groups excluding tert-OH is 3. The second-order valence-corrected chi connectivity index (χ2v) is 19.1. The average Bonchev–Trinajstić information content (AvgIpc) is 3.52. The fourth-order valence-corrected chi connectivity index (χ4v) is 10.3. The molecular formula is C47H70N4O16. The molecule has 2 saturated heterocycles. The van der Waals surface area contributed by atoms with Gasteiger partial charge in [0.05, 0.1) is 60.8 Å². The third-order valence-corrected chi connectivity index (χ3v) is 13.5. The van der Waals surface area contributed by atoms with Gasteiger partial charge in [0, 0.05) is 32.8 Å². The Bertz CT molecular complexity index is 2140. The van der Waals surface area contributed by atoms with Crippen LogP contribution in [0.2, 0.25) is 0 Å². The Hall–Kier alpha value is -4.09. The number of ether oxygens (including phenoxy) is 7. The van der Waals surface area contributed by atoms with E-state index in [0.29, 0.717) is 18.4 Å². The fraction of sp³-hybridized carbons (Fsp3) is 0.723. The Morgan fingerprint density at radius 2 is 1.60 bits per heavy atom. The summed E-state index contributed by atoms with van der Waals surface area (Å²) in [6.45, 7) is 10.2. The molecule has 0 radical (unpaired) electrons. The number of carbonyl (C=O) groups excluding carboxylic acids is 3. The zero-order valence-electron chi connectivity index (χ0n) is 39.9. The monoisotopic (exact) mass is 946 g/mol. The highest BCUT2D eigenvalue weighted by molar-refractivity contribution is 5.70. The van der Waals surface area contributed by atoms with Gasteiger partial charge in [0.25, 0.3) is 0 Å². The quantitative estimate of drug-likeness (QED) is 0.134. The number of carbonyl (C=O) groups is 3. The summed E-state index contributed by atoms with van der Waals surface area (Å²) < 4.78 is 46.3. The summed E-state index contributed by atoms with van der Waals surface area (Å²) in [5.41, 5.74) is -2.60. The van der Waals surface area contributed by atoms with Gasteiger partial charge in [0.1, 0.15) is 36.3 Å². The van der Waals surface area contributed by atoms with Crippen LogP contribution in [0.5, 0.6) is 0 Å². The van der Waals surface area contributed by atoms with Crippen LogP contribution in [-0.4, -0.2) is 164 Å². The van der Waals surface area contributed by atoms with E-state index in [-0.39, 0.29) is 32.1 Å².